The van der Waals surface area contributed by atoms with Gasteiger partial charge in [0.2, 0.25) is 0 Å². The number of ether oxygens (including phenoxy) is 1. The van der Waals surface area contributed by atoms with Crippen molar-refractivity contribution < 1.29 is 35.1 Å². The second kappa shape index (κ2) is 9.62. The zero-order valence-electron chi connectivity index (χ0n) is 20.0. The minimum atomic E-state index is -1.14. The lowest BCUT2D eigenvalue weighted by Crippen LogP contribution is -2.49. The Labute approximate surface area is 195 Å². The molecule has 1 aromatic rings. The van der Waals surface area contributed by atoms with Crippen LogP contribution in [-0.2, 0) is 13.0 Å². The fourth-order valence-electron chi connectivity index (χ4n) is 4.49. The number of aromatic hydroxyl groups is 1. The van der Waals surface area contributed by atoms with Crippen molar-refractivity contribution in [3.8, 4) is 11.5 Å². The molecule has 0 radical (unpaired) electrons. The number of fused-ring (bicyclic) bond motifs is 3. The number of phenols is 1. The third kappa shape index (κ3) is 5.35. The number of β-amino-alcohol motifs (C(OH)–C–C–N with tert-alkyl or cyclic N) is 1. The van der Waals surface area contributed by atoms with Crippen LogP contribution >= 0.6 is 0 Å². The lowest BCUT2D eigenvalue weighted by molar-refractivity contribution is -0.0599. The minimum Gasteiger partial charge on any atom is -0.508 e. The maximum Gasteiger partial charge on any atom is 0.254 e. The second-order valence-corrected chi connectivity index (χ2v) is 10.1. The number of hydrogen-bond donors (Lipinski definition) is 5. The molecule has 2 aliphatic heterocycles. The average Bonchev–Trinajstić information content (AvgIpc) is 3.03. The van der Waals surface area contributed by atoms with E-state index in [0.717, 1.165) is 5.57 Å². The Morgan fingerprint density at radius 2 is 2.09 bits per heavy atom. The first-order chi connectivity index (χ1) is 15.4. The van der Waals surface area contributed by atoms with Gasteiger partial charge in [0.05, 0.1) is 36.5 Å². The molecule has 0 bridgehead atoms. The SMILES string of the molecule is C/C(=C\CC[C@@]1(C)Oc2c(c(O)cc3c2CN(CCO)C3=O)C[C@H]1O)CC[C@H](O)C(C)(C)O. The van der Waals surface area contributed by atoms with Gasteiger partial charge in [0.25, 0.3) is 5.91 Å². The molecular formula is C25H37NO7. The highest BCUT2D eigenvalue weighted by molar-refractivity contribution is 6.00. The minimum absolute atomic E-state index is 0.0647. The Balaban J connectivity index is 1.72. The molecule has 0 aliphatic carbocycles. The topological polar surface area (TPSA) is 131 Å². The Bertz CT molecular complexity index is 920. The van der Waals surface area contributed by atoms with Crippen LogP contribution in [0.3, 0.4) is 0 Å². The standard InChI is InChI=1S/C25H37NO7/c1-15(7-8-20(29)24(2,3)32)6-5-9-25(4)21(30)13-17-19(28)12-16-18(22(17)33-25)14-26(10-11-27)23(16)31/h6,12,20-21,27-30,32H,5,7-11,13-14H2,1-4H3/b15-6+/t20-,21+,25+/m0/s1. The summed E-state index contributed by atoms with van der Waals surface area (Å²) in [5, 5.41) is 50.5. The molecule has 8 heteroatoms. The van der Waals surface area contributed by atoms with Crippen LogP contribution in [0, 0.1) is 0 Å². The zero-order valence-corrected chi connectivity index (χ0v) is 20.0. The van der Waals surface area contributed by atoms with Crippen molar-refractivity contribution in [3.05, 3.63) is 34.4 Å². The summed E-state index contributed by atoms with van der Waals surface area (Å²) in [7, 11) is 0. The summed E-state index contributed by atoms with van der Waals surface area (Å²) in [6.45, 7) is 7.33. The zero-order chi connectivity index (χ0) is 24.6. The van der Waals surface area contributed by atoms with Crippen LogP contribution < -0.4 is 4.74 Å². The molecule has 2 aliphatic rings. The van der Waals surface area contributed by atoms with Crippen molar-refractivity contribution in [2.24, 2.45) is 0 Å². The molecule has 3 atom stereocenters. The largest absolute Gasteiger partial charge is 0.508 e. The van der Waals surface area contributed by atoms with Crippen LogP contribution in [0.4, 0.5) is 0 Å². The van der Waals surface area contributed by atoms with Gasteiger partial charge in [0.1, 0.15) is 17.1 Å². The van der Waals surface area contributed by atoms with E-state index in [1.54, 1.807) is 13.8 Å². The molecule has 1 amide bonds. The van der Waals surface area contributed by atoms with Crippen LogP contribution in [0.5, 0.6) is 11.5 Å². The quantitative estimate of drug-likeness (QED) is 0.354. The number of nitrogens with zero attached hydrogens (tertiary/aromatic N) is 1. The van der Waals surface area contributed by atoms with E-state index < -0.39 is 23.4 Å². The van der Waals surface area contributed by atoms with E-state index >= 15 is 0 Å². The number of rotatable bonds is 9. The Morgan fingerprint density at radius 1 is 1.39 bits per heavy atom. The molecule has 0 aromatic heterocycles. The monoisotopic (exact) mass is 463 g/mol. The first-order valence-electron chi connectivity index (χ1n) is 11.6. The Kier molecular flexibility index (Phi) is 7.43. The van der Waals surface area contributed by atoms with E-state index in [2.05, 4.69) is 0 Å². The van der Waals surface area contributed by atoms with Crippen molar-refractivity contribution >= 4 is 5.91 Å². The molecule has 33 heavy (non-hydrogen) atoms. The van der Waals surface area contributed by atoms with E-state index in [-0.39, 0.29) is 31.2 Å². The van der Waals surface area contributed by atoms with Gasteiger partial charge in [-0.25, -0.2) is 0 Å². The predicted octanol–water partition coefficient (Wildman–Crippen LogP) is 2.03. The highest BCUT2D eigenvalue weighted by Crippen LogP contribution is 2.46. The van der Waals surface area contributed by atoms with Crippen molar-refractivity contribution in [3.63, 3.8) is 0 Å². The van der Waals surface area contributed by atoms with E-state index in [1.807, 2.05) is 19.9 Å². The maximum atomic E-state index is 12.6. The van der Waals surface area contributed by atoms with Gasteiger partial charge >= 0.3 is 0 Å². The Hall–Kier alpha value is -2.13. The lowest BCUT2D eigenvalue weighted by Gasteiger charge is -2.40. The number of carbonyl (C=O) groups is 1. The molecule has 3 rings (SSSR count). The number of hydrogen-bond acceptors (Lipinski definition) is 7. The molecule has 0 saturated carbocycles. The first kappa shape index (κ1) is 25.5. The van der Waals surface area contributed by atoms with Gasteiger partial charge in [0, 0.05) is 24.1 Å². The molecule has 5 N–H and O–H groups in total. The summed E-state index contributed by atoms with van der Waals surface area (Å²) in [6.07, 6.45) is 2.92. The van der Waals surface area contributed by atoms with E-state index in [4.69, 9.17) is 4.74 Å². The maximum absolute atomic E-state index is 12.6. The molecule has 184 valence electrons. The number of aliphatic hydroxyl groups excluding tert-OH is 3. The summed E-state index contributed by atoms with van der Waals surface area (Å²) >= 11 is 0. The number of amides is 1. The fourth-order valence-corrected chi connectivity index (χ4v) is 4.49. The molecular weight excluding hydrogens is 426 g/mol. The van der Waals surface area contributed by atoms with E-state index in [9.17, 15) is 30.3 Å². The number of aliphatic hydroxyl groups is 4. The van der Waals surface area contributed by atoms with Crippen molar-refractivity contribution in [1.82, 2.24) is 4.90 Å². The smallest absolute Gasteiger partial charge is 0.254 e. The molecule has 0 spiro atoms. The summed E-state index contributed by atoms with van der Waals surface area (Å²) in [5.41, 5.74) is 0.611. The average molecular weight is 464 g/mol. The van der Waals surface area contributed by atoms with Crippen LogP contribution in [-0.4, -0.2) is 72.9 Å². The molecule has 0 unspecified atom stereocenters. The fraction of sp³-hybridized carbons (Fsp3) is 0.640. The molecule has 0 saturated heterocycles. The Morgan fingerprint density at radius 3 is 2.73 bits per heavy atom. The molecule has 1 aromatic carbocycles. The number of phenolic OH excluding ortho intramolecular Hbond substituents is 1. The molecule has 2 heterocycles. The molecule has 0 fully saturated rings. The third-order valence-corrected chi connectivity index (χ3v) is 6.90. The van der Waals surface area contributed by atoms with Gasteiger partial charge in [0.15, 0.2) is 0 Å². The lowest BCUT2D eigenvalue weighted by atomic mass is 9.84. The summed E-state index contributed by atoms with van der Waals surface area (Å²) < 4.78 is 6.30. The van der Waals surface area contributed by atoms with Crippen LogP contribution in [0.2, 0.25) is 0 Å². The third-order valence-electron chi connectivity index (χ3n) is 6.90. The number of carbonyl (C=O) groups excluding carboxylic acids is 1. The predicted molar refractivity (Wildman–Crippen MR) is 123 cm³/mol. The van der Waals surface area contributed by atoms with Gasteiger partial charge in [-0.05, 0) is 59.4 Å². The number of benzene rings is 1. The van der Waals surface area contributed by atoms with E-state index in [1.165, 1.54) is 11.0 Å². The van der Waals surface area contributed by atoms with Crippen LogP contribution in [0.15, 0.2) is 17.7 Å². The first-order valence-corrected chi connectivity index (χ1v) is 11.6. The normalized spacial score (nSPS) is 23.9. The van der Waals surface area contributed by atoms with Crippen molar-refractivity contribution in [2.75, 3.05) is 13.2 Å². The van der Waals surface area contributed by atoms with Gasteiger partial charge in [-0.15, -0.1) is 0 Å². The number of allylic oxidation sites excluding steroid dienone is 2. The molecule has 8 nitrogen and oxygen atoms in total. The van der Waals surface area contributed by atoms with Crippen LogP contribution in [0.1, 0.15) is 74.9 Å². The second-order valence-electron chi connectivity index (χ2n) is 10.1. The summed E-state index contributed by atoms with van der Waals surface area (Å²) in [6, 6.07) is 1.43. The van der Waals surface area contributed by atoms with E-state index in [0.29, 0.717) is 54.7 Å². The summed E-state index contributed by atoms with van der Waals surface area (Å²) in [4.78, 5) is 14.1. The van der Waals surface area contributed by atoms with Crippen molar-refractivity contribution in [1.29, 1.82) is 0 Å². The van der Waals surface area contributed by atoms with Gasteiger partial charge in [-0.3, -0.25) is 4.79 Å². The van der Waals surface area contributed by atoms with Gasteiger partial charge in [-0.1, -0.05) is 11.6 Å². The van der Waals surface area contributed by atoms with Crippen LogP contribution in [0.25, 0.3) is 0 Å². The van der Waals surface area contributed by atoms with Crippen molar-refractivity contribution in [2.45, 2.75) is 89.8 Å². The highest BCUT2D eigenvalue weighted by Gasteiger charge is 2.44. The summed E-state index contributed by atoms with van der Waals surface area (Å²) in [5.74, 6) is 0.145. The van der Waals surface area contributed by atoms with Gasteiger partial charge in [-0.2, -0.15) is 0 Å². The van der Waals surface area contributed by atoms with Gasteiger partial charge < -0.3 is 35.2 Å². The highest BCUT2D eigenvalue weighted by atomic mass is 16.5.